The van der Waals surface area contributed by atoms with E-state index in [2.05, 4.69) is 15.6 Å². The van der Waals surface area contributed by atoms with Gasteiger partial charge in [-0.3, -0.25) is 14.6 Å². The Balaban J connectivity index is 1.35. The average Bonchev–Trinajstić information content (AvgIpc) is 3.64. The van der Waals surface area contributed by atoms with Gasteiger partial charge in [0.2, 0.25) is 5.91 Å². The predicted octanol–water partition coefficient (Wildman–Crippen LogP) is 4.19. The number of halogens is 3. The number of phenolic OH excluding ortho intramolecular Hbond substituents is 1. The van der Waals surface area contributed by atoms with Gasteiger partial charge in [-0.25, -0.2) is 0 Å². The van der Waals surface area contributed by atoms with Crippen LogP contribution in [0.2, 0.25) is 0 Å². The number of hydrogen-bond donors (Lipinski definition) is 3. The number of carbonyl (C=O) groups excluding carboxylic acids is 2. The van der Waals surface area contributed by atoms with Crippen LogP contribution in [0.1, 0.15) is 34.5 Å². The summed E-state index contributed by atoms with van der Waals surface area (Å²) in [6.45, 7) is 0.0479. The molecule has 11 heteroatoms. The van der Waals surface area contributed by atoms with E-state index in [1.165, 1.54) is 55.8 Å². The van der Waals surface area contributed by atoms with Crippen molar-refractivity contribution in [2.45, 2.75) is 31.1 Å². The normalized spacial score (nSPS) is 14.0. The van der Waals surface area contributed by atoms with E-state index in [1.807, 2.05) is 0 Å². The van der Waals surface area contributed by atoms with E-state index >= 15 is 0 Å². The molecule has 8 nitrogen and oxygen atoms in total. The molecule has 2 amide bonds. The Bertz CT molecular complexity index is 1260. The lowest BCUT2D eigenvalue weighted by atomic mass is 10.1. The van der Waals surface area contributed by atoms with Crippen LogP contribution in [-0.4, -0.2) is 34.6 Å². The fraction of sp³-hybridized carbons (Fsp3) is 0.240. The summed E-state index contributed by atoms with van der Waals surface area (Å²) in [7, 11) is 1.27. The monoisotopic (exact) mass is 501 g/mol. The summed E-state index contributed by atoms with van der Waals surface area (Å²) in [6.07, 6.45) is -2.43. The summed E-state index contributed by atoms with van der Waals surface area (Å²) in [4.78, 5) is 29.2. The number of methoxy groups -OCH3 is 1. The van der Waals surface area contributed by atoms with Gasteiger partial charge >= 0.3 is 6.18 Å². The lowest BCUT2D eigenvalue weighted by Gasteiger charge is -2.17. The molecule has 0 unspecified atom stereocenters. The molecule has 0 atom stereocenters. The van der Waals surface area contributed by atoms with Crippen molar-refractivity contribution in [3.8, 4) is 23.0 Å². The number of nitrogens with zero attached hydrogens (tertiary/aromatic N) is 1. The summed E-state index contributed by atoms with van der Waals surface area (Å²) >= 11 is 0. The molecule has 0 radical (unpaired) electrons. The van der Waals surface area contributed by atoms with Gasteiger partial charge in [-0.05, 0) is 67.4 Å². The highest BCUT2D eigenvalue weighted by Gasteiger charge is 2.51. The minimum Gasteiger partial charge on any atom is -0.508 e. The van der Waals surface area contributed by atoms with Crippen molar-refractivity contribution in [1.82, 2.24) is 15.6 Å². The molecule has 1 saturated carbocycles. The Morgan fingerprint density at radius 3 is 2.33 bits per heavy atom. The highest BCUT2D eigenvalue weighted by atomic mass is 19.4. The molecule has 188 valence electrons. The maximum atomic E-state index is 13.4. The van der Waals surface area contributed by atoms with Crippen molar-refractivity contribution in [2.75, 3.05) is 7.11 Å². The quantitative estimate of drug-likeness (QED) is 0.427. The Hall–Kier alpha value is -4.28. The molecule has 3 N–H and O–H groups in total. The first-order chi connectivity index (χ1) is 17.1. The molecular weight excluding hydrogens is 479 g/mol. The molecule has 0 bridgehead atoms. The van der Waals surface area contributed by atoms with Crippen molar-refractivity contribution in [3.63, 3.8) is 0 Å². The van der Waals surface area contributed by atoms with E-state index in [1.54, 1.807) is 0 Å². The zero-order chi connectivity index (χ0) is 25.9. The number of phenols is 1. The van der Waals surface area contributed by atoms with E-state index in [9.17, 15) is 27.9 Å². The Labute approximate surface area is 204 Å². The maximum absolute atomic E-state index is 13.4. The molecule has 0 saturated heterocycles. The van der Waals surface area contributed by atoms with Crippen LogP contribution in [0.4, 0.5) is 13.2 Å². The molecule has 2 aromatic carbocycles. The predicted molar refractivity (Wildman–Crippen MR) is 122 cm³/mol. The van der Waals surface area contributed by atoms with Crippen LogP contribution in [0, 0.1) is 0 Å². The maximum Gasteiger partial charge on any atom is 0.420 e. The van der Waals surface area contributed by atoms with Crippen LogP contribution >= 0.6 is 0 Å². The van der Waals surface area contributed by atoms with Gasteiger partial charge in [0.15, 0.2) is 0 Å². The molecule has 3 aromatic rings. The average molecular weight is 501 g/mol. The largest absolute Gasteiger partial charge is 0.508 e. The van der Waals surface area contributed by atoms with Gasteiger partial charge < -0.3 is 25.2 Å². The Morgan fingerprint density at radius 2 is 1.75 bits per heavy atom. The van der Waals surface area contributed by atoms with Crippen molar-refractivity contribution in [1.29, 1.82) is 0 Å². The number of nitrogens with one attached hydrogen (secondary N) is 2. The minimum absolute atomic E-state index is 0.0270. The first kappa shape index (κ1) is 24.8. The van der Waals surface area contributed by atoms with Crippen molar-refractivity contribution >= 4 is 11.8 Å². The Kier molecular flexibility index (Phi) is 6.73. The van der Waals surface area contributed by atoms with Crippen LogP contribution < -0.4 is 20.1 Å². The zero-order valence-corrected chi connectivity index (χ0v) is 19.1. The first-order valence-electron chi connectivity index (χ1n) is 10.9. The first-order valence-corrected chi connectivity index (χ1v) is 10.9. The second-order valence-electron chi connectivity index (χ2n) is 8.21. The van der Waals surface area contributed by atoms with Gasteiger partial charge in [-0.1, -0.05) is 0 Å². The smallest absolute Gasteiger partial charge is 0.420 e. The van der Waals surface area contributed by atoms with Gasteiger partial charge in [-0.15, -0.1) is 0 Å². The van der Waals surface area contributed by atoms with Gasteiger partial charge in [-0.2, -0.15) is 13.2 Å². The fourth-order valence-electron chi connectivity index (χ4n) is 3.43. The van der Waals surface area contributed by atoms with Crippen LogP contribution in [0.5, 0.6) is 23.0 Å². The molecule has 1 aliphatic carbocycles. The summed E-state index contributed by atoms with van der Waals surface area (Å²) in [6, 6.07) is 12.0. The lowest BCUT2D eigenvalue weighted by molar-refractivity contribution is -0.138. The van der Waals surface area contributed by atoms with E-state index in [4.69, 9.17) is 9.47 Å². The SMILES string of the molecule is COc1ccc(Oc2ccc(CNC(=O)C3(NC(=O)c4ccc(O)cc4)CC3)nc2)c(C(F)(F)F)c1. The highest BCUT2D eigenvalue weighted by Crippen LogP contribution is 2.40. The second kappa shape index (κ2) is 9.76. The van der Waals surface area contributed by atoms with Crippen molar-refractivity contribution < 1.29 is 37.3 Å². The number of rotatable bonds is 8. The number of aromatic nitrogens is 1. The number of aromatic hydroxyl groups is 1. The second-order valence-corrected chi connectivity index (χ2v) is 8.21. The summed E-state index contributed by atoms with van der Waals surface area (Å²) in [5.41, 5.74) is -1.24. The molecule has 1 aliphatic rings. The van der Waals surface area contributed by atoms with Gasteiger partial charge in [0, 0.05) is 5.56 Å². The number of alkyl halides is 3. The molecule has 36 heavy (non-hydrogen) atoms. The highest BCUT2D eigenvalue weighted by molar-refractivity contribution is 6.00. The van der Waals surface area contributed by atoms with E-state index < -0.39 is 28.9 Å². The molecular formula is C25H22F3N3O5. The molecule has 4 rings (SSSR count). The van der Waals surface area contributed by atoms with Crippen LogP contribution in [0.25, 0.3) is 0 Å². The van der Waals surface area contributed by atoms with Crippen LogP contribution in [0.3, 0.4) is 0 Å². The van der Waals surface area contributed by atoms with Crippen molar-refractivity contribution in [3.05, 3.63) is 77.6 Å². The van der Waals surface area contributed by atoms with E-state index in [0.29, 0.717) is 24.1 Å². The molecule has 1 heterocycles. The summed E-state index contributed by atoms with van der Waals surface area (Å²) in [5, 5.41) is 14.8. The number of benzene rings is 2. The van der Waals surface area contributed by atoms with Gasteiger partial charge in [0.1, 0.15) is 34.1 Å². The van der Waals surface area contributed by atoms with Crippen LogP contribution in [0.15, 0.2) is 60.8 Å². The van der Waals surface area contributed by atoms with Crippen molar-refractivity contribution in [2.24, 2.45) is 0 Å². The molecule has 0 aliphatic heterocycles. The molecule has 1 aromatic heterocycles. The topological polar surface area (TPSA) is 110 Å². The molecule has 1 fully saturated rings. The number of ether oxygens (including phenoxy) is 2. The number of pyridine rings is 1. The van der Waals surface area contributed by atoms with Gasteiger partial charge in [0.25, 0.3) is 5.91 Å². The fourth-order valence-corrected chi connectivity index (χ4v) is 3.43. The third-order valence-electron chi connectivity index (χ3n) is 5.61. The number of amides is 2. The standard InChI is InChI=1S/C25H22F3N3O5/c1-35-18-8-9-21(20(12-18)25(26,27)28)36-19-7-4-16(29-14-19)13-30-23(34)24(10-11-24)31-22(33)15-2-5-17(32)6-3-15/h2-9,12,14,32H,10-11,13H2,1H3,(H,30,34)(H,31,33). The van der Waals surface area contributed by atoms with E-state index in [-0.39, 0.29) is 29.7 Å². The third-order valence-corrected chi connectivity index (χ3v) is 5.61. The molecule has 0 spiro atoms. The number of carbonyl (C=O) groups is 2. The summed E-state index contributed by atoms with van der Waals surface area (Å²) < 4.78 is 50.4. The third kappa shape index (κ3) is 5.68. The Morgan fingerprint density at radius 1 is 1.06 bits per heavy atom. The summed E-state index contributed by atoms with van der Waals surface area (Å²) in [5.74, 6) is -1.04. The lowest BCUT2D eigenvalue weighted by Crippen LogP contribution is -2.48. The minimum atomic E-state index is -4.64. The van der Waals surface area contributed by atoms with Crippen LogP contribution in [-0.2, 0) is 17.5 Å². The van der Waals surface area contributed by atoms with Gasteiger partial charge in [0.05, 0.1) is 25.5 Å². The zero-order valence-electron chi connectivity index (χ0n) is 19.1. The van der Waals surface area contributed by atoms with E-state index in [0.717, 1.165) is 12.1 Å². The number of hydrogen-bond acceptors (Lipinski definition) is 6.